The smallest absolute Gasteiger partial charge is 0.348 e. The minimum Gasteiger partial charge on any atom is -0.477 e. The Morgan fingerprint density at radius 2 is 2.10 bits per heavy atom. The van der Waals surface area contributed by atoms with Gasteiger partial charge in [0.2, 0.25) is 0 Å². The van der Waals surface area contributed by atoms with Crippen LogP contribution in [0.1, 0.15) is 20.8 Å². The second-order valence-electron chi connectivity index (χ2n) is 4.17. The van der Waals surface area contributed by atoms with Crippen LogP contribution in [0.5, 0.6) is 0 Å². The van der Waals surface area contributed by atoms with Crippen molar-refractivity contribution in [3.05, 3.63) is 45.6 Å². The summed E-state index contributed by atoms with van der Waals surface area (Å²) in [6.45, 7) is 1.60. The quantitative estimate of drug-likeness (QED) is 0.899. The van der Waals surface area contributed by atoms with Gasteiger partial charge in [0.1, 0.15) is 4.88 Å². The Balaban J connectivity index is 2.46. The van der Waals surface area contributed by atoms with Crippen molar-refractivity contribution < 1.29 is 18.3 Å². The molecule has 0 aliphatic rings. The maximum Gasteiger partial charge on any atom is 0.348 e. The molecule has 0 aliphatic carbocycles. The number of rotatable bonds is 4. The Morgan fingerprint density at radius 3 is 2.71 bits per heavy atom. The molecule has 2 N–H and O–H groups in total. The molecule has 1 aromatic carbocycles. The minimum atomic E-state index is -3.96. The first-order valence-corrected chi connectivity index (χ1v) is 8.06. The standard InChI is InChI=1S/C13H10N2O4S2/c1-8-2-3-9(7-14)6-11(8)21(18,19)15-10-4-5-20-12(10)13(16)17/h2-6,15H,1H3,(H,16,17). The summed E-state index contributed by atoms with van der Waals surface area (Å²) in [5.41, 5.74) is 0.688. The third-order valence-corrected chi connectivity index (χ3v) is 5.12. The number of hydrogen-bond acceptors (Lipinski definition) is 5. The van der Waals surface area contributed by atoms with Gasteiger partial charge in [-0.1, -0.05) is 6.07 Å². The monoisotopic (exact) mass is 322 g/mol. The molecular formula is C13H10N2O4S2. The Kier molecular flexibility index (Phi) is 3.97. The number of aryl methyl sites for hydroxylation is 1. The van der Waals surface area contributed by atoms with E-state index in [-0.39, 0.29) is 21.0 Å². The number of carbonyl (C=O) groups is 1. The lowest BCUT2D eigenvalue weighted by Crippen LogP contribution is -2.15. The highest BCUT2D eigenvalue weighted by Gasteiger charge is 2.21. The Labute approximate surface area is 125 Å². The molecule has 0 saturated heterocycles. The second-order valence-corrected chi connectivity index (χ2v) is 6.73. The summed E-state index contributed by atoms with van der Waals surface area (Å²) in [6.07, 6.45) is 0. The van der Waals surface area contributed by atoms with E-state index in [1.807, 2.05) is 6.07 Å². The molecule has 1 heterocycles. The topological polar surface area (TPSA) is 107 Å². The number of hydrogen-bond donors (Lipinski definition) is 2. The highest BCUT2D eigenvalue weighted by atomic mass is 32.2. The highest BCUT2D eigenvalue weighted by molar-refractivity contribution is 7.92. The lowest BCUT2D eigenvalue weighted by atomic mass is 10.2. The summed E-state index contributed by atoms with van der Waals surface area (Å²) < 4.78 is 27.0. The molecule has 0 aliphatic heterocycles. The summed E-state index contributed by atoms with van der Waals surface area (Å²) in [6, 6.07) is 7.55. The van der Waals surface area contributed by atoms with Crippen LogP contribution in [0.25, 0.3) is 0 Å². The first-order chi connectivity index (χ1) is 9.85. The van der Waals surface area contributed by atoms with E-state index >= 15 is 0 Å². The van der Waals surface area contributed by atoms with Crippen molar-refractivity contribution in [3.63, 3.8) is 0 Å². The van der Waals surface area contributed by atoms with Crippen molar-refractivity contribution in [2.24, 2.45) is 0 Å². The average molecular weight is 322 g/mol. The predicted octanol–water partition coefficient (Wildman–Crippen LogP) is 2.43. The van der Waals surface area contributed by atoms with E-state index in [0.717, 1.165) is 11.3 Å². The Morgan fingerprint density at radius 1 is 1.38 bits per heavy atom. The van der Waals surface area contributed by atoms with Crippen molar-refractivity contribution in [2.45, 2.75) is 11.8 Å². The van der Waals surface area contributed by atoms with Gasteiger partial charge < -0.3 is 5.11 Å². The molecule has 2 rings (SSSR count). The van der Waals surface area contributed by atoms with Gasteiger partial charge >= 0.3 is 5.97 Å². The SMILES string of the molecule is Cc1ccc(C#N)cc1S(=O)(=O)Nc1ccsc1C(=O)O. The number of carboxylic acid groups (broad SMARTS) is 1. The number of nitrogens with one attached hydrogen (secondary N) is 1. The van der Waals surface area contributed by atoms with E-state index in [2.05, 4.69) is 4.72 Å². The van der Waals surface area contributed by atoms with E-state index in [1.54, 1.807) is 6.92 Å². The van der Waals surface area contributed by atoms with Crippen molar-refractivity contribution in [2.75, 3.05) is 4.72 Å². The molecule has 21 heavy (non-hydrogen) atoms. The van der Waals surface area contributed by atoms with Gasteiger partial charge in [-0.3, -0.25) is 4.72 Å². The molecule has 0 bridgehead atoms. The van der Waals surface area contributed by atoms with Crippen LogP contribution in [-0.2, 0) is 10.0 Å². The van der Waals surface area contributed by atoms with Crippen molar-refractivity contribution in [1.82, 2.24) is 0 Å². The molecular weight excluding hydrogens is 312 g/mol. The number of thiophene rings is 1. The fraction of sp³-hybridized carbons (Fsp3) is 0.0769. The zero-order chi connectivity index (χ0) is 15.6. The zero-order valence-electron chi connectivity index (χ0n) is 10.8. The summed E-state index contributed by atoms with van der Waals surface area (Å²) in [7, 11) is -3.96. The van der Waals surface area contributed by atoms with Crippen molar-refractivity contribution >= 4 is 33.0 Å². The minimum absolute atomic E-state index is 0.00857. The molecule has 8 heteroatoms. The highest BCUT2D eigenvalue weighted by Crippen LogP contribution is 2.26. The van der Waals surface area contributed by atoms with Crippen LogP contribution in [0, 0.1) is 18.3 Å². The lowest BCUT2D eigenvalue weighted by molar-refractivity contribution is 0.0703. The molecule has 1 aromatic heterocycles. The number of aromatic carboxylic acids is 1. The summed E-state index contributed by atoms with van der Waals surface area (Å²) in [5.74, 6) is -1.20. The van der Waals surface area contributed by atoms with Gasteiger partial charge in [-0.05, 0) is 36.1 Å². The maximum absolute atomic E-state index is 12.4. The van der Waals surface area contributed by atoms with Crippen molar-refractivity contribution in [1.29, 1.82) is 5.26 Å². The third-order valence-electron chi connectivity index (χ3n) is 2.71. The number of benzene rings is 1. The van der Waals surface area contributed by atoms with Gasteiger partial charge in [0.05, 0.1) is 22.2 Å². The number of sulfonamides is 1. The molecule has 0 radical (unpaired) electrons. The van der Waals surface area contributed by atoms with Crippen LogP contribution in [0.3, 0.4) is 0 Å². The predicted molar refractivity (Wildman–Crippen MR) is 78.0 cm³/mol. The van der Waals surface area contributed by atoms with Gasteiger partial charge in [0, 0.05) is 0 Å². The number of anilines is 1. The number of nitrogens with zero attached hydrogens (tertiary/aromatic N) is 1. The van der Waals surface area contributed by atoms with Gasteiger partial charge in [-0.2, -0.15) is 5.26 Å². The molecule has 0 spiro atoms. The fourth-order valence-corrected chi connectivity index (χ4v) is 3.81. The molecule has 108 valence electrons. The van der Waals surface area contributed by atoms with Gasteiger partial charge in [-0.25, -0.2) is 13.2 Å². The molecule has 0 saturated carbocycles. The fourth-order valence-electron chi connectivity index (χ4n) is 1.71. The van der Waals surface area contributed by atoms with E-state index in [0.29, 0.717) is 5.56 Å². The molecule has 2 aromatic rings. The van der Waals surface area contributed by atoms with Crippen LogP contribution in [-0.4, -0.2) is 19.5 Å². The van der Waals surface area contributed by atoms with Crippen molar-refractivity contribution in [3.8, 4) is 6.07 Å². The van der Waals surface area contributed by atoms with Crippen LogP contribution in [0.2, 0.25) is 0 Å². The summed E-state index contributed by atoms with van der Waals surface area (Å²) in [5, 5.41) is 19.3. The molecule has 0 atom stereocenters. The normalized spacial score (nSPS) is 10.9. The number of carboxylic acids is 1. The van der Waals surface area contributed by atoms with Crippen LogP contribution < -0.4 is 4.72 Å². The molecule has 0 amide bonds. The third kappa shape index (κ3) is 3.04. The maximum atomic E-state index is 12.4. The Hall–Kier alpha value is -2.37. The second kappa shape index (κ2) is 5.55. The van der Waals surface area contributed by atoms with E-state index < -0.39 is 16.0 Å². The largest absolute Gasteiger partial charge is 0.477 e. The Bertz CT molecular complexity index is 847. The van der Waals surface area contributed by atoms with Crippen LogP contribution >= 0.6 is 11.3 Å². The first kappa shape index (κ1) is 15.0. The van der Waals surface area contributed by atoms with Crippen LogP contribution in [0.15, 0.2) is 34.5 Å². The van der Waals surface area contributed by atoms with E-state index in [9.17, 15) is 13.2 Å². The lowest BCUT2D eigenvalue weighted by Gasteiger charge is -2.10. The summed E-state index contributed by atoms with van der Waals surface area (Å²) in [4.78, 5) is 10.9. The zero-order valence-corrected chi connectivity index (χ0v) is 12.5. The van der Waals surface area contributed by atoms with Gasteiger partial charge in [-0.15, -0.1) is 11.3 Å². The van der Waals surface area contributed by atoms with Gasteiger partial charge in [0.25, 0.3) is 10.0 Å². The summed E-state index contributed by atoms with van der Waals surface area (Å²) >= 11 is 0.927. The van der Waals surface area contributed by atoms with Crippen LogP contribution in [0.4, 0.5) is 5.69 Å². The van der Waals surface area contributed by atoms with E-state index in [1.165, 1.54) is 29.6 Å². The molecule has 0 fully saturated rings. The number of nitriles is 1. The first-order valence-electron chi connectivity index (χ1n) is 5.69. The molecule has 0 unspecified atom stereocenters. The van der Waals surface area contributed by atoms with E-state index in [4.69, 9.17) is 10.4 Å². The van der Waals surface area contributed by atoms with Gasteiger partial charge in [0.15, 0.2) is 0 Å². The molecule has 6 nitrogen and oxygen atoms in total. The average Bonchev–Trinajstić information content (AvgIpc) is 2.86.